The van der Waals surface area contributed by atoms with Crippen molar-refractivity contribution in [1.82, 2.24) is 5.32 Å². The minimum Gasteiger partial charge on any atom is -0.456 e. The van der Waals surface area contributed by atoms with Crippen molar-refractivity contribution in [2.45, 2.75) is 335 Å². The SMILES string of the molecule is CC/C=C\C/C=C\C/C=C\C/C=C\C/C=C\C/C=C\CCCCCCCCCCC(=O)NC(COP(=O)(O)OCC[N+](C)(C)C)C(/C=C\CCCCCCCCCCCC)OC(=O)CCCCCCCCCCCCC/C=C/CCCCCCCC. The molecule has 3 atom stereocenters. The van der Waals surface area contributed by atoms with E-state index in [-0.39, 0.29) is 31.5 Å². The van der Waals surface area contributed by atoms with Crippen LogP contribution in [0, 0.1) is 0 Å². The first-order valence-corrected chi connectivity index (χ1v) is 37.6. The average Bonchev–Trinajstić information content (AvgIpc) is 3.67. The van der Waals surface area contributed by atoms with Crippen LogP contribution in [0.2, 0.25) is 0 Å². The van der Waals surface area contributed by atoms with E-state index in [2.05, 4.69) is 111 Å². The van der Waals surface area contributed by atoms with Crippen LogP contribution < -0.4 is 5.32 Å². The van der Waals surface area contributed by atoms with Gasteiger partial charge in [0.2, 0.25) is 5.91 Å². The van der Waals surface area contributed by atoms with E-state index in [0.717, 1.165) is 109 Å². The number of allylic oxidation sites excluding steroid dienone is 15. The Morgan fingerprint density at radius 1 is 0.419 bits per heavy atom. The zero-order chi connectivity index (χ0) is 62.8. The number of quaternary nitrogens is 1. The van der Waals surface area contributed by atoms with Gasteiger partial charge in [0, 0.05) is 12.8 Å². The summed E-state index contributed by atoms with van der Waals surface area (Å²) in [4.78, 5) is 37.9. The molecule has 0 spiro atoms. The molecule has 0 rings (SSSR count). The molecule has 0 saturated heterocycles. The lowest BCUT2D eigenvalue weighted by Gasteiger charge is -2.27. The molecule has 10 heteroatoms. The van der Waals surface area contributed by atoms with Gasteiger partial charge in [0.05, 0.1) is 33.8 Å². The van der Waals surface area contributed by atoms with Crippen LogP contribution in [0.3, 0.4) is 0 Å². The first kappa shape index (κ1) is 82.9. The molecule has 3 unspecified atom stereocenters. The number of hydrogen-bond donors (Lipinski definition) is 2. The molecule has 0 aromatic heterocycles. The number of nitrogens with one attached hydrogen (secondary N) is 1. The Morgan fingerprint density at radius 2 is 0.744 bits per heavy atom. The van der Waals surface area contributed by atoms with Crippen molar-refractivity contribution < 1.29 is 37.3 Å². The van der Waals surface area contributed by atoms with Gasteiger partial charge < -0.3 is 19.4 Å². The molecule has 0 saturated carbocycles. The standard InChI is InChI=1S/C76H137N2O7P/c1-7-10-13-16-19-22-25-28-30-32-34-36-37-38-39-40-41-43-44-46-48-50-53-56-59-62-65-68-75(79)77-73(72-84-86(81,82)83-71-70-78(4,5)6)74(67-64-61-58-55-52-27-24-21-18-15-12-9-3)85-76(80)69-66-63-60-57-54-51-49-47-45-42-35-33-31-29-26-23-20-17-14-11-8-2/h10,13,19,22,28-31,34,36,38-39,41,43,64,67,73-74H,7-9,11-12,14-18,20-21,23-27,32-33,35,37,40,42,44-63,65-66,68-72H2,1-6H3,(H-,77,79,81,82)/p+1/b13-10-,22-19-,30-28-,31-29+,36-34-,39-38-,43-41-,67-64-. The predicted octanol–water partition coefficient (Wildman–Crippen LogP) is 23.1. The van der Waals surface area contributed by atoms with Crippen LogP contribution in [0.5, 0.6) is 0 Å². The summed E-state index contributed by atoms with van der Waals surface area (Å²) in [6.45, 7) is 6.91. The lowest BCUT2D eigenvalue weighted by molar-refractivity contribution is -0.870. The highest BCUT2D eigenvalue weighted by Gasteiger charge is 2.30. The first-order chi connectivity index (χ1) is 41.9. The maximum absolute atomic E-state index is 13.6. The Bertz CT molecular complexity index is 1790. The maximum Gasteiger partial charge on any atom is 0.472 e. The zero-order valence-electron chi connectivity index (χ0n) is 57.0. The number of carbonyl (C=O) groups excluding carboxylic acids is 2. The predicted molar refractivity (Wildman–Crippen MR) is 374 cm³/mol. The molecule has 498 valence electrons. The minimum atomic E-state index is -4.46. The Labute approximate surface area is 532 Å². The van der Waals surface area contributed by atoms with E-state index in [1.807, 2.05) is 33.3 Å². The van der Waals surface area contributed by atoms with Crippen LogP contribution in [0.4, 0.5) is 0 Å². The normalized spacial score (nSPS) is 14.1. The number of hydrogen-bond acceptors (Lipinski definition) is 6. The minimum absolute atomic E-state index is 0.0352. The second-order valence-electron chi connectivity index (χ2n) is 25.4. The van der Waals surface area contributed by atoms with Crippen molar-refractivity contribution in [2.75, 3.05) is 40.9 Å². The van der Waals surface area contributed by atoms with Crippen LogP contribution in [0.1, 0.15) is 323 Å². The maximum atomic E-state index is 13.6. The van der Waals surface area contributed by atoms with E-state index in [0.29, 0.717) is 17.4 Å². The average molecular weight is 1220 g/mol. The largest absolute Gasteiger partial charge is 0.472 e. The van der Waals surface area contributed by atoms with Crippen LogP contribution >= 0.6 is 7.82 Å². The Kier molecular flexibility index (Phi) is 62.6. The van der Waals surface area contributed by atoms with Crippen LogP contribution in [0.15, 0.2) is 97.2 Å². The Balaban J connectivity index is 5.08. The third kappa shape index (κ3) is 65.4. The monoisotopic (exact) mass is 1220 g/mol. The summed E-state index contributed by atoms with van der Waals surface area (Å²) >= 11 is 0. The molecule has 0 radical (unpaired) electrons. The molecule has 0 aliphatic rings. The van der Waals surface area contributed by atoms with E-state index < -0.39 is 20.0 Å². The van der Waals surface area contributed by atoms with Crippen molar-refractivity contribution in [1.29, 1.82) is 0 Å². The molecule has 0 heterocycles. The molecular formula is C76H138N2O7P+. The third-order valence-corrected chi connectivity index (χ3v) is 16.7. The molecule has 2 N–H and O–H groups in total. The van der Waals surface area contributed by atoms with Crippen LogP contribution in [-0.4, -0.2) is 74.3 Å². The third-order valence-electron chi connectivity index (χ3n) is 15.8. The molecule has 0 bridgehead atoms. The van der Waals surface area contributed by atoms with E-state index in [9.17, 15) is 19.0 Å². The number of carbonyl (C=O) groups is 2. The number of rotatable bonds is 65. The molecule has 0 fully saturated rings. The summed E-state index contributed by atoms with van der Waals surface area (Å²) in [5, 5.41) is 3.07. The van der Waals surface area contributed by atoms with Gasteiger partial charge >= 0.3 is 13.8 Å². The van der Waals surface area contributed by atoms with Gasteiger partial charge in [-0.3, -0.25) is 18.6 Å². The zero-order valence-corrected chi connectivity index (χ0v) is 57.9. The molecule has 0 aromatic rings. The summed E-state index contributed by atoms with van der Waals surface area (Å²) in [6.07, 6.45) is 88.4. The summed E-state index contributed by atoms with van der Waals surface area (Å²) in [6, 6.07) is -0.859. The fourth-order valence-corrected chi connectivity index (χ4v) is 11.0. The smallest absolute Gasteiger partial charge is 0.456 e. The van der Waals surface area contributed by atoms with Gasteiger partial charge in [-0.15, -0.1) is 0 Å². The second kappa shape index (κ2) is 64.9. The quantitative estimate of drug-likeness (QED) is 0.0205. The fraction of sp³-hybridized carbons (Fsp3) is 0.763. The highest BCUT2D eigenvalue weighted by Crippen LogP contribution is 2.43. The summed E-state index contributed by atoms with van der Waals surface area (Å²) in [7, 11) is 1.49. The summed E-state index contributed by atoms with van der Waals surface area (Å²) in [5.74, 6) is -0.510. The van der Waals surface area contributed by atoms with Gasteiger partial charge in [0.15, 0.2) is 0 Å². The van der Waals surface area contributed by atoms with Gasteiger partial charge in [-0.1, -0.05) is 298 Å². The topological polar surface area (TPSA) is 111 Å². The van der Waals surface area contributed by atoms with E-state index in [1.54, 1.807) is 0 Å². The number of phosphoric ester groups is 1. The van der Waals surface area contributed by atoms with Gasteiger partial charge in [0.25, 0.3) is 0 Å². The molecule has 1 amide bonds. The Morgan fingerprint density at radius 3 is 1.13 bits per heavy atom. The van der Waals surface area contributed by atoms with Gasteiger partial charge in [-0.25, -0.2) is 4.57 Å². The van der Waals surface area contributed by atoms with E-state index >= 15 is 0 Å². The second-order valence-corrected chi connectivity index (χ2v) is 26.8. The molecule has 9 nitrogen and oxygen atoms in total. The van der Waals surface area contributed by atoms with Crippen LogP contribution in [0.25, 0.3) is 0 Å². The number of amides is 1. The van der Waals surface area contributed by atoms with Crippen molar-refractivity contribution in [3.05, 3.63) is 97.2 Å². The number of likely N-dealkylation sites (N-methyl/N-ethyl adjacent to an activating group) is 1. The van der Waals surface area contributed by atoms with Crippen molar-refractivity contribution in [2.24, 2.45) is 0 Å². The first-order valence-electron chi connectivity index (χ1n) is 36.1. The molecule has 0 aliphatic carbocycles. The molecule has 0 aliphatic heterocycles. The van der Waals surface area contributed by atoms with Crippen LogP contribution in [-0.2, 0) is 27.9 Å². The Hall–Kier alpha value is -3.07. The highest BCUT2D eigenvalue weighted by molar-refractivity contribution is 7.47. The number of nitrogens with zero attached hydrogens (tertiary/aromatic N) is 1. The number of unbranched alkanes of at least 4 members (excludes halogenated alkanes) is 35. The summed E-state index contributed by atoms with van der Waals surface area (Å²) in [5.41, 5.74) is 0. The molecule has 86 heavy (non-hydrogen) atoms. The number of ether oxygens (including phenoxy) is 1. The number of phosphoric acid groups is 1. The highest BCUT2D eigenvalue weighted by atomic mass is 31.2. The van der Waals surface area contributed by atoms with Crippen molar-refractivity contribution >= 4 is 19.7 Å². The fourth-order valence-electron chi connectivity index (χ4n) is 10.2. The van der Waals surface area contributed by atoms with Crippen molar-refractivity contribution in [3.8, 4) is 0 Å². The lowest BCUT2D eigenvalue weighted by atomic mass is 10.0. The van der Waals surface area contributed by atoms with Gasteiger partial charge in [-0.2, -0.15) is 0 Å². The lowest BCUT2D eigenvalue weighted by Crippen LogP contribution is -2.47. The summed E-state index contributed by atoms with van der Waals surface area (Å²) < 4.78 is 30.8. The van der Waals surface area contributed by atoms with Crippen molar-refractivity contribution in [3.63, 3.8) is 0 Å². The van der Waals surface area contributed by atoms with E-state index in [4.69, 9.17) is 13.8 Å². The van der Waals surface area contributed by atoms with Gasteiger partial charge in [-0.05, 0) is 109 Å². The van der Waals surface area contributed by atoms with Gasteiger partial charge in [0.1, 0.15) is 19.3 Å². The number of esters is 1. The molecular weight excluding hydrogens is 1080 g/mol. The van der Waals surface area contributed by atoms with E-state index in [1.165, 1.54) is 180 Å². The molecule has 0 aromatic carbocycles.